The number of aromatic amines is 1. The third-order valence-electron chi connectivity index (χ3n) is 2.79. The molecule has 0 bridgehead atoms. The maximum atomic E-state index is 12.2. The molecule has 8 heteroatoms. The van der Waals surface area contributed by atoms with Crippen molar-refractivity contribution in [2.45, 2.75) is 11.4 Å². The van der Waals surface area contributed by atoms with Crippen LogP contribution >= 0.6 is 0 Å². The van der Waals surface area contributed by atoms with Crippen LogP contribution in [-0.4, -0.2) is 24.0 Å². The first-order valence-corrected chi connectivity index (χ1v) is 7.61. The van der Waals surface area contributed by atoms with E-state index in [1.165, 1.54) is 24.3 Å². The molecule has 0 amide bonds. The molecule has 1 N–H and O–H groups in total. The molecule has 0 spiro atoms. The molecule has 1 aromatic carbocycles. The van der Waals surface area contributed by atoms with E-state index in [2.05, 4.69) is 5.10 Å². The van der Waals surface area contributed by atoms with Gasteiger partial charge in [0.05, 0.1) is 28.8 Å². The molecule has 0 aliphatic rings. The molecule has 0 aliphatic carbocycles. The number of nitriles is 1. The van der Waals surface area contributed by atoms with Crippen molar-refractivity contribution in [3.05, 3.63) is 62.7 Å². The predicted octanol–water partition coefficient (Wildman–Crippen LogP) is -0.118. The van der Waals surface area contributed by atoms with Crippen molar-refractivity contribution in [3.63, 3.8) is 0 Å². The molecule has 1 heterocycles. The van der Waals surface area contributed by atoms with Gasteiger partial charge in [0.15, 0.2) is 9.84 Å². The highest BCUT2D eigenvalue weighted by atomic mass is 32.2. The number of aryl methyl sites for hydroxylation is 1. The average molecular weight is 305 g/mol. The molecule has 0 saturated heterocycles. The molecular weight excluding hydrogens is 294 g/mol. The van der Waals surface area contributed by atoms with Crippen LogP contribution in [0.5, 0.6) is 0 Å². The summed E-state index contributed by atoms with van der Waals surface area (Å²) in [6.45, 7) is -0.173. The minimum Gasteiger partial charge on any atom is -0.268 e. The van der Waals surface area contributed by atoms with Gasteiger partial charge < -0.3 is 0 Å². The lowest BCUT2D eigenvalue weighted by Gasteiger charge is -2.06. The van der Waals surface area contributed by atoms with Crippen LogP contribution in [0.15, 0.2) is 50.9 Å². The summed E-state index contributed by atoms with van der Waals surface area (Å²) in [7, 11) is -3.65. The van der Waals surface area contributed by atoms with E-state index < -0.39 is 21.0 Å². The van der Waals surface area contributed by atoms with Gasteiger partial charge in [-0.05, 0) is 18.2 Å². The first-order valence-electron chi connectivity index (χ1n) is 5.95. The second kappa shape index (κ2) is 5.76. The van der Waals surface area contributed by atoms with Crippen molar-refractivity contribution in [3.8, 4) is 6.07 Å². The van der Waals surface area contributed by atoms with Crippen LogP contribution in [0, 0.1) is 11.3 Å². The molecule has 0 saturated carbocycles. The Morgan fingerprint density at radius 2 is 1.95 bits per heavy atom. The average Bonchev–Trinajstić information content (AvgIpc) is 2.48. The number of nitrogens with one attached hydrogen (secondary N) is 1. The number of hydrogen-bond donors (Lipinski definition) is 1. The molecule has 0 atom stereocenters. The second-order valence-corrected chi connectivity index (χ2v) is 6.37. The van der Waals surface area contributed by atoms with Gasteiger partial charge in [0, 0.05) is 12.1 Å². The Labute approximate surface area is 120 Å². The summed E-state index contributed by atoms with van der Waals surface area (Å²) in [4.78, 5) is 22.6. The summed E-state index contributed by atoms with van der Waals surface area (Å²) in [5.41, 5.74) is -0.740. The van der Waals surface area contributed by atoms with Crippen LogP contribution in [0.25, 0.3) is 0 Å². The summed E-state index contributed by atoms with van der Waals surface area (Å²) < 4.78 is 25.2. The Kier molecular flexibility index (Phi) is 4.05. The van der Waals surface area contributed by atoms with Crippen molar-refractivity contribution in [2.75, 3.05) is 5.75 Å². The van der Waals surface area contributed by atoms with Gasteiger partial charge in [0.2, 0.25) is 0 Å². The Balaban J connectivity index is 2.26. The Morgan fingerprint density at radius 1 is 1.19 bits per heavy atom. The standard InChI is InChI=1S/C13H11N3O4S/c14-9-10-2-1-3-11(8-10)21(19,20)7-6-16-13(18)5-4-12(17)15-16/h1-5,8H,6-7H2,(H,15,17). The van der Waals surface area contributed by atoms with Gasteiger partial charge in [0.1, 0.15) is 0 Å². The summed E-state index contributed by atoms with van der Waals surface area (Å²) in [6, 6.07) is 9.63. The number of H-pyrrole nitrogens is 1. The fourth-order valence-electron chi connectivity index (χ4n) is 1.72. The van der Waals surface area contributed by atoms with Gasteiger partial charge in [-0.2, -0.15) is 5.26 Å². The number of nitrogens with zero attached hydrogens (tertiary/aromatic N) is 2. The topological polar surface area (TPSA) is 113 Å². The fourth-order valence-corrected chi connectivity index (χ4v) is 2.97. The summed E-state index contributed by atoms with van der Waals surface area (Å²) in [5.74, 6) is -0.359. The molecule has 2 rings (SSSR count). The maximum absolute atomic E-state index is 12.2. The van der Waals surface area contributed by atoms with Gasteiger partial charge in [-0.25, -0.2) is 13.1 Å². The zero-order valence-electron chi connectivity index (χ0n) is 10.8. The highest BCUT2D eigenvalue weighted by Gasteiger charge is 2.15. The number of aromatic nitrogens is 2. The van der Waals surface area contributed by atoms with Gasteiger partial charge in [-0.1, -0.05) is 6.07 Å². The van der Waals surface area contributed by atoms with E-state index in [9.17, 15) is 18.0 Å². The number of rotatable bonds is 4. The third kappa shape index (κ3) is 3.46. The first kappa shape index (κ1) is 14.7. The third-order valence-corrected chi connectivity index (χ3v) is 4.49. The maximum Gasteiger partial charge on any atom is 0.265 e. The van der Waals surface area contributed by atoms with Gasteiger partial charge >= 0.3 is 0 Å². The predicted molar refractivity (Wildman–Crippen MR) is 74.5 cm³/mol. The van der Waals surface area contributed by atoms with Crippen molar-refractivity contribution < 1.29 is 8.42 Å². The Bertz CT molecular complexity index is 919. The van der Waals surface area contributed by atoms with E-state index in [1.807, 2.05) is 6.07 Å². The zero-order valence-corrected chi connectivity index (χ0v) is 11.6. The number of sulfone groups is 1. The van der Waals surface area contributed by atoms with Crippen LogP contribution in [0.2, 0.25) is 0 Å². The highest BCUT2D eigenvalue weighted by Crippen LogP contribution is 2.13. The van der Waals surface area contributed by atoms with Crippen LogP contribution < -0.4 is 11.1 Å². The van der Waals surface area contributed by atoms with Crippen LogP contribution in [0.4, 0.5) is 0 Å². The summed E-state index contributed by atoms with van der Waals surface area (Å²) in [6.07, 6.45) is 0. The van der Waals surface area contributed by atoms with Crippen molar-refractivity contribution in [2.24, 2.45) is 0 Å². The lowest BCUT2D eigenvalue weighted by Crippen LogP contribution is -2.30. The monoisotopic (exact) mass is 305 g/mol. The minimum atomic E-state index is -3.65. The second-order valence-electron chi connectivity index (χ2n) is 4.26. The molecule has 1 aromatic heterocycles. The molecule has 7 nitrogen and oxygen atoms in total. The zero-order chi connectivity index (χ0) is 15.5. The van der Waals surface area contributed by atoms with Crippen LogP contribution in [0.3, 0.4) is 0 Å². The van der Waals surface area contributed by atoms with Gasteiger partial charge in [0.25, 0.3) is 11.1 Å². The smallest absolute Gasteiger partial charge is 0.265 e. The van der Waals surface area contributed by atoms with E-state index in [0.717, 1.165) is 16.8 Å². The molecule has 0 unspecified atom stereocenters. The van der Waals surface area contributed by atoms with Crippen molar-refractivity contribution >= 4 is 9.84 Å². The first-order chi connectivity index (χ1) is 9.92. The number of benzene rings is 1. The number of hydrogen-bond acceptors (Lipinski definition) is 5. The molecule has 0 aliphatic heterocycles. The van der Waals surface area contributed by atoms with E-state index in [0.29, 0.717) is 0 Å². The molecule has 21 heavy (non-hydrogen) atoms. The quantitative estimate of drug-likeness (QED) is 0.846. The Morgan fingerprint density at radius 3 is 2.67 bits per heavy atom. The van der Waals surface area contributed by atoms with Crippen molar-refractivity contribution in [1.82, 2.24) is 9.78 Å². The highest BCUT2D eigenvalue weighted by molar-refractivity contribution is 7.91. The van der Waals surface area contributed by atoms with Crippen molar-refractivity contribution in [1.29, 1.82) is 5.26 Å². The largest absolute Gasteiger partial charge is 0.268 e. The summed E-state index contributed by atoms with van der Waals surface area (Å²) >= 11 is 0. The van der Waals surface area contributed by atoms with Crippen LogP contribution in [-0.2, 0) is 16.4 Å². The van der Waals surface area contributed by atoms with Gasteiger partial charge in [-0.3, -0.25) is 14.7 Å². The van der Waals surface area contributed by atoms with E-state index >= 15 is 0 Å². The summed E-state index contributed by atoms with van der Waals surface area (Å²) in [5, 5.41) is 11.0. The van der Waals surface area contributed by atoms with E-state index in [1.54, 1.807) is 0 Å². The SMILES string of the molecule is N#Cc1cccc(S(=O)(=O)CCn2[nH]c(=O)ccc2=O)c1. The molecule has 0 radical (unpaired) electrons. The van der Waals surface area contributed by atoms with E-state index in [-0.39, 0.29) is 22.8 Å². The molecular formula is C13H11N3O4S. The lowest BCUT2D eigenvalue weighted by atomic mass is 10.2. The van der Waals surface area contributed by atoms with E-state index in [4.69, 9.17) is 5.26 Å². The Hall–Kier alpha value is -2.66. The normalized spacial score (nSPS) is 11.0. The minimum absolute atomic E-state index is 0.00729. The molecule has 0 fully saturated rings. The molecule has 108 valence electrons. The van der Waals surface area contributed by atoms with Crippen LogP contribution in [0.1, 0.15) is 5.56 Å². The lowest BCUT2D eigenvalue weighted by molar-refractivity contribution is 0.567. The van der Waals surface area contributed by atoms with Gasteiger partial charge in [-0.15, -0.1) is 0 Å². The fraction of sp³-hybridized carbons (Fsp3) is 0.154. The molecule has 2 aromatic rings.